The average Bonchev–Trinajstić information content (AvgIpc) is 2.28. The Morgan fingerprint density at radius 3 is 2.56 bits per heavy atom. The van der Waals surface area contributed by atoms with E-state index in [-0.39, 0.29) is 5.91 Å². The van der Waals surface area contributed by atoms with Gasteiger partial charge in [-0.1, -0.05) is 26.7 Å². The van der Waals surface area contributed by atoms with Gasteiger partial charge in [-0.25, -0.2) is 0 Å². The molecule has 0 radical (unpaired) electrons. The number of amides is 1. The highest BCUT2D eigenvalue weighted by molar-refractivity contribution is 5.76. The van der Waals surface area contributed by atoms with E-state index in [1.54, 1.807) is 0 Å². The molecule has 0 heterocycles. The molecule has 16 heavy (non-hydrogen) atoms. The van der Waals surface area contributed by atoms with Gasteiger partial charge in [-0.15, -0.1) is 0 Å². The van der Waals surface area contributed by atoms with Gasteiger partial charge < -0.3 is 11.1 Å². The van der Waals surface area contributed by atoms with E-state index in [1.165, 1.54) is 25.7 Å². The van der Waals surface area contributed by atoms with E-state index in [0.717, 1.165) is 12.5 Å². The minimum atomic E-state index is 0.163. The van der Waals surface area contributed by atoms with Crippen LogP contribution in [0, 0.1) is 17.8 Å². The molecule has 94 valence electrons. The van der Waals surface area contributed by atoms with E-state index < -0.39 is 0 Å². The summed E-state index contributed by atoms with van der Waals surface area (Å²) in [7, 11) is 0. The summed E-state index contributed by atoms with van der Waals surface area (Å²) < 4.78 is 0. The van der Waals surface area contributed by atoms with E-state index in [4.69, 9.17) is 5.73 Å². The molecule has 3 N–H and O–H groups in total. The third-order valence-corrected chi connectivity index (χ3v) is 3.66. The molecule has 0 saturated heterocycles. The topological polar surface area (TPSA) is 55.1 Å². The van der Waals surface area contributed by atoms with Crippen molar-refractivity contribution in [2.75, 3.05) is 13.1 Å². The zero-order valence-electron chi connectivity index (χ0n) is 10.7. The number of carbonyl (C=O) groups excluding carboxylic acids is 1. The van der Waals surface area contributed by atoms with Gasteiger partial charge in [0.1, 0.15) is 0 Å². The largest absolute Gasteiger partial charge is 0.356 e. The van der Waals surface area contributed by atoms with Gasteiger partial charge in [-0.05, 0) is 37.1 Å². The molecule has 1 aliphatic rings. The van der Waals surface area contributed by atoms with Crippen LogP contribution in [0.2, 0.25) is 0 Å². The lowest BCUT2D eigenvalue weighted by Gasteiger charge is -2.26. The third-order valence-electron chi connectivity index (χ3n) is 3.66. The highest BCUT2D eigenvalue weighted by Gasteiger charge is 2.18. The maximum Gasteiger partial charge on any atom is 0.220 e. The molecule has 0 aromatic carbocycles. The Morgan fingerprint density at radius 2 is 2.00 bits per heavy atom. The van der Waals surface area contributed by atoms with Crippen LogP contribution in [0.5, 0.6) is 0 Å². The Morgan fingerprint density at radius 1 is 1.38 bits per heavy atom. The molecule has 1 aliphatic carbocycles. The second kappa shape index (κ2) is 6.89. The Kier molecular flexibility index (Phi) is 5.81. The standard InChI is InChI=1S/C13H26N2O/c1-10-3-5-12(6-4-10)9-15-13(16)7-11(2)8-14/h10-12H,3-9,14H2,1-2H3,(H,15,16). The molecule has 1 amide bonds. The summed E-state index contributed by atoms with van der Waals surface area (Å²) in [6.45, 7) is 5.79. The quantitative estimate of drug-likeness (QED) is 0.752. The highest BCUT2D eigenvalue weighted by atomic mass is 16.1. The van der Waals surface area contributed by atoms with Gasteiger partial charge in [0.2, 0.25) is 5.91 Å². The first kappa shape index (κ1) is 13.5. The number of hydrogen-bond acceptors (Lipinski definition) is 2. The molecule has 1 rings (SSSR count). The summed E-state index contributed by atoms with van der Waals surface area (Å²) in [6.07, 6.45) is 5.75. The van der Waals surface area contributed by atoms with Crippen LogP contribution in [0.1, 0.15) is 46.0 Å². The van der Waals surface area contributed by atoms with Crippen molar-refractivity contribution in [2.45, 2.75) is 46.0 Å². The van der Waals surface area contributed by atoms with Gasteiger partial charge in [-0.3, -0.25) is 4.79 Å². The normalized spacial score (nSPS) is 27.4. The summed E-state index contributed by atoms with van der Waals surface area (Å²) in [4.78, 5) is 11.6. The van der Waals surface area contributed by atoms with Crippen molar-refractivity contribution < 1.29 is 4.79 Å². The molecule has 1 fully saturated rings. The average molecular weight is 226 g/mol. The lowest BCUT2D eigenvalue weighted by atomic mass is 9.83. The van der Waals surface area contributed by atoms with Crippen LogP contribution in [-0.2, 0) is 4.79 Å². The van der Waals surface area contributed by atoms with E-state index in [0.29, 0.717) is 24.8 Å². The van der Waals surface area contributed by atoms with E-state index in [1.807, 2.05) is 6.92 Å². The van der Waals surface area contributed by atoms with E-state index in [9.17, 15) is 4.79 Å². The van der Waals surface area contributed by atoms with Crippen LogP contribution in [0.25, 0.3) is 0 Å². The SMILES string of the molecule is CC1CCC(CNC(=O)CC(C)CN)CC1. The molecule has 1 saturated carbocycles. The van der Waals surface area contributed by atoms with Gasteiger partial charge in [0.25, 0.3) is 0 Å². The van der Waals surface area contributed by atoms with Crippen LogP contribution < -0.4 is 11.1 Å². The van der Waals surface area contributed by atoms with Crippen LogP contribution in [-0.4, -0.2) is 19.0 Å². The fourth-order valence-corrected chi connectivity index (χ4v) is 2.26. The fourth-order valence-electron chi connectivity index (χ4n) is 2.26. The Labute approximate surface area is 99.2 Å². The predicted octanol–water partition coefficient (Wildman–Crippen LogP) is 1.91. The van der Waals surface area contributed by atoms with Crippen molar-refractivity contribution in [2.24, 2.45) is 23.5 Å². The van der Waals surface area contributed by atoms with Crippen LogP contribution in [0.15, 0.2) is 0 Å². The Hall–Kier alpha value is -0.570. The summed E-state index contributed by atoms with van der Waals surface area (Å²) in [5.41, 5.74) is 5.49. The number of nitrogens with two attached hydrogens (primary N) is 1. The van der Waals surface area contributed by atoms with Crippen molar-refractivity contribution in [3.63, 3.8) is 0 Å². The summed E-state index contributed by atoms with van der Waals surface area (Å²) in [5, 5.41) is 3.04. The Bertz CT molecular complexity index is 210. The molecule has 0 aromatic rings. The fraction of sp³-hybridized carbons (Fsp3) is 0.923. The summed E-state index contributed by atoms with van der Waals surface area (Å²) >= 11 is 0. The van der Waals surface area contributed by atoms with Crippen LogP contribution >= 0.6 is 0 Å². The van der Waals surface area contributed by atoms with Gasteiger partial charge in [0, 0.05) is 13.0 Å². The van der Waals surface area contributed by atoms with Gasteiger partial charge in [0.15, 0.2) is 0 Å². The molecule has 0 aromatic heterocycles. The number of carbonyl (C=O) groups is 1. The van der Waals surface area contributed by atoms with Crippen molar-refractivity contribution in [3.8, 4) is 0 Å². The van der Waals surface area contributed by atoms with Crippen molar-refractivity contribution in [3.05, 3.63) is 0 Å². The van der Waals surface area contributed by atoms with E-state index in [2.05, 4.69) is 12.2 Å². The van der Waals surface area contributed by atoms with Gasteiger partial charge in [0.05, 0.1) is 0 Å². The smallest absolute Gasteiger partial charge is 0.220 e. The maximum absolute atomic E-state index is 11.6. The molecule has 1 unspecified atom stereocenters. The zero-order valence-corrected chi connectivity index (χ0v) is 10.7. The minimum absolute atomic E-state index is 0.163. The molecular weight excluding hydrogens is 200 g/mol. The lowest BCUT2D eigenvalue weighted by molar-refractivity contribution is -0.122. The molecule has 0 aliphatic heterocycles. The van der Waals surface area contributed by atoms with Gasteiger partial charge in [-0.2, -0.15) is 0 Å². The summed E-state index contributed by atoms with van der Waals surface area (Å²) in [6, 6.07) is 0. The molecule has 3 heteroatoms. The minimum Gasteiger partial charge on any atom is -0.356 e. The molecule has 0 spiro atoms. The monoisotopic (exact) mass is 226 g/mol. The van der Waals surface area contributed by atoms with Crippen molar-refractivity contribution in [1.82, 2.24) is 5.32 Å². The molecule has 1 atom stereocenters. The highest BCUT2D eigenvalue weighted by Crippen LogP contribution is 2.27. The van der Waals surface area contributed by atoms with Gasteiger partial charge >= 0.3 is 0 Å². The van der Waals surface area contributed by atoms with Crippen LogP contribution in [0.3, 0.4) is 0 Å². The summed E-state index contributed by atoms with van der Waals surface area (Å²) in [5.74, 6) is 2.04. The molecular formula is C13H26N2O. The van der Waals surface area contributed by atoms with E-state index >= 15 is 0 Å². The second-order valence-corrected chi connectivity index (χ2v) is 5.47. The second-order valence-electron chi connectivity index (χ2n) is 5.47. The first-order valence-electron chi connectivity index (χ1n) is 6.58. The number of nitrogens with one attached hydrogen (secondary N) is 1. The zero-order chi connectivity index (χ0) is 12.0. The van der Waals surface area contributed by atoms with Crippen LogP contribution in [0.4, 0.5) is 0 Å². The van der Waals surface area contributed by atoms with Crippen molar-refractivity contribution in [1.29, 1.82) is 0 Å². The molecule has 0 bridgehead atoms. The third kappa shape index (κ3) is 4.97. The first-order chi connectivity index (χ1) is 7.61. The van der Waals surface area contributed by atoms with Crippen molar-refractivity contribution >= 4 is 5.91 Å². The lowest BCUT2D eigenvalue weighted by Crippen LogP contribution is -2.32. The maximum atomic E-state index is 11.6. The molecule has 3 nitrogen and oxygen atoms in total. The Balaban J connectivity index is 2.12. The first-order valence-corrected chi connectivity index (χ1v) is 6.58. The predicted molar refractivity (Wildman–Crippen MR) is 67.0 cm³/mol. The number of hydrogen-bond donors (Lipinski definition) is 2. The number of rotatable bonds is 5.